The van der Waals surface area contributed by atoms with Gasteiger partial charge < -0.3 is 15.4 Å². The highest BCUT2D eigenvalue weighted by molar-refractivity contribution is 5.94. The van der Waals surface area contributed by atoms with Crippen molar-refractivity contribution in [2.75, 3.05) is 19.7 Å². The third-order valence-corrected chi connectivity index (χ3v) is 4.33. The molecule has 0 heterocycles. The number of carbonyl (C=O) groups excluding carboxylic acids is 2. The summed E-state index contributed by atoms with van der Waals surface area (Å²) in [5.74, 6) is 0.317. The van der Waals surface area contributed by atoms with Crippen molar-refractivity contribution in [1.82, 2.24) is 10.6 Å². The quantitative estimate of drug-likeness (QED) is 0.668. The zero-order chi connectivity index (χ0) is 19.6. The van der Waals surface area contributed by atoms with E-state index in [1.165, 1.54) is 5.56 Å². The fourth-order valence-corrected chi connectivity index (χ4v) is 2.60. The lowest BCUT2D eigenvalue weighted by Gasteiger charge is -2.09. The van der Waals surface area contributed by atoms with E-state index in [9.17, 15) is 9.59 Å². The molecule has 2 N–H and O–H groups in total. The van der Waals surface area contributed by atoms with Gasteiger partial charge in [0.2, 0.25) is 0 Å². The van der Waals surface area contributed by atoms with Gasteiger partial charge in [0.1, 0.15) is 5.75 Å². The summed E-state index contributed by atoms with van der Waals surface area (Å²) in [6.07, 6.45) is 2.14. The summed E-state index contributed by atoms with van der Waals surface area (Å²) in [5, 5.41) is 5.53. The van der Waals surface area contributed by atoms with Gasteiger partial charge in [0.25, 0.3) is 11.8 Å². The Balaban J connectivity index is 1.65. The average molecular weight is 368 g/mol. The average Bonchev–Trinajstić information content (AvgIpc) is 2.67. The predicted molar refractivity (Wildman–Crippen MR) is 107 cm³/mol. The van der Waals surface area contributed by atoms with Crippen LogP contribution in [-0.2, 0) is 11.2 Å². The van der Waals surface area contributed by atoms with Crippen molar-refractivity contribution < 1.29 is 14.3 Å². The van der Waals surface area contributed by atoms with Crippen LogP contribution >= 0.6 is 0 Å². The minimum atomic E-state index is -0.215. The van der Waals surface area contributed by atoms with Crippen LogP contribution in [0, 0.1) is 13.8 Å². The van der Waals surface area contributed by atoms with E-state index in [0.29, 0.717) is 24.4 Å². The van der Waals surface area contributed by atoms with Gasteiger partial charge in [-0.3, -0.25) is 9.59 Å². The number of ether oxygens (including phenoxy) is 1. The van der Waals surface area contributed by atoms with Crippen LogP contribution in [0.3, 0.4) is 0 Å². The van der Waals surface area contributed by atoms with Crippen molar-refractivity contribution in [2.24, 2.45) is 0 Å². The van der Waals surface area contributed by atoms with Crippen LogP contribution in [0.25, 0.3) is 0 Å². The van der Waals surface area contributed by atoms with Crippen molar-refractivity contribution in [3.63, 3.8) is 0 Å². The molecular weight excluding hydrogens is 340 g/mol. The molecule has 0 saturated heterocycles. The van der Waals surface area contributed by atoms with E-state index in [4.69, 9.17) is 4.74 Å². The van der Waals surface area contributed by atoms with Gasteiger partial charge >= 0.3 is 0 Å². The number of nitrogens with one attached hydrogen (secondary N) is 2. The van der Waals surface area contributed by atoms with Crippen molar-refractivity contribution in [2.45, 2.75) is 33.6 Å². The Morgan fingerprint density at radius 1 is 0.926 bits per heavy atom. The summed E-state index contributed by atoms with van der Waals surface area (Å²) < 4.78 is 5.47. The number of benzene rings is 2. The van der Waals surface area contributed by atoms with Crippen molar-refractivity contribution in [3.05, 3.63) is 64.7 Å². The van der Waals surface area contributed by atoms with Crippen LogP contribution in [0.15, 0.2) is 42.5 Å². The molecule has 5 nitrogen and oxygen atoms in total. The van der Waals surface area contributed by atoms with E-state index in [1.54, 1.807) is 6.07 Å². The summed E-state index contributed by atoms with van der Waals surface area (Å²) in [6, 6.07) is 13.4. The number of rotatable bonds is 9. The second kappa shape index (κ2) is 10.4. The predicted octanol–water partition coefficient (Wildman–Crippen LogP) is 3.18. The van der Waals surface area contributed by atoms with E-state index in [2.05, 4.69) is 17.6 Å². The van der Waals surface area contributed by atoms with Crippen molar-refractivity contribution in [3.8, 4) is 5.75 Å². The molecule has 0 spiro atoms. The maximum Gasteiger partial charge on any atom is 0.258 e. The lowest BCUT2D eigenvalue weighted by molar-refractivity contribution is -0.123. The van der Waals surface area contributed by atoms with Crippen LogP contribution in [0.2, 0.25) is 0 Å². The Morgan fingerprint density at radius 2 is 1.63 bits per heavy atom. The molecule has 0 unspecified atom stereocenters. The van der Waals surface area contributed by atoms with Crippen LogP contribution in [0.4, 0.5) is 0 Å². The van der Waals surface area contributed by atoms with E-state index in [-0.39, 0.29) is 18.4 Å². The molecule has 0 aliphatic carbocycles. The largest absolute Gasteiger partial charge is 0.484 e. The highest BCUT2D eigenvalue weighted by atomic mass is 16.5. The van der Waals surface area contributed by atoms with Gasteiger partial charge in [-0.2, -0.15) is 0 Å². The molecule has 27 heavy (non-hydrogen) atoms. The summed E-state index contributed by atoms with van der Waals surface area (Å²) in [5.41, 5.74) is 4.11. The van der Waals surface area contributed by atoms with Gasteiger partial charge in [0, 0.05) is 18.7 Å². The normalized spacial score (nSPS) is 10.3. The van der Waals surface area contributed by atoms with E-state index >= 15 is 0 Å². The Labute approximate surface area is 161 Å². The second-order valence-electron chi connectivity index (χ2n) is 6.59. The molecule has 2 aromatic carbocycles. The number of hydrogen-bond donors (Lipinski definition) is 2. The summed E-state index contributed by atoms with van der Waals surface area (Å²) >= 11 is 0. The van der Waals surface area contributed by atoms with Crippen LogP contribution in [-0.4, -0.2) is 31.5 Å². The monoisotopic (exact) mass is 368 g/mol. The molecule has 0 fully saturated rings. The lowest BCUT2D eigenvalue weighted by Crippen LogP contribution is -2.36. The zero-order valence-corrected chi connectivity index (χ0v) is 16.3. The number of amides is 2. The SMILES string of the molecule is CCCc1ccc(OCC(=O)NCCNC(=O)c2ccc(C)c(C)c2)cc1. The highest BCUT2D eigenvalue weighted by Gasteiger charge is 2.07. The topological polar surface area (TPSA) is 67.4 Å². The van der Waals surface area contributed by atoms with Gasteiger partial charge in [-0.05, 0) is 61.2 Å². The van der Waals surface area contributed by atoms with E-state index in [1.807, 2.05) is 50.2 Å². The summed E-state index contributed by atoms with van der Waals surface area (Å²) in [4.78, 5) is 23.9. The van der Waals surface area contributed by atoms with Gasteiger partial charge in [-0.1, -0.05) is 31.5 Å². The minimum Gasteiger partial charge on any atom is -0.484 e. The lowest BCUT2D eigenvalue weighted by atomic mass is 10.1. The van der Waals surface area contributed by atoms with Gasteiger partial charge in [-0.15, -0.1) is 0 Å². The van der Waals surface area contributed by atoms with Crippen LogP contribution < -0.4 is 15.4 Å². The van der Waals surface area contributed by atoms with Gasteiger partial charge in [-0.25, -0.2) is 0 Å². The van der Waals surface area contributed by atoms with E-state index in [0.717, 1.165) is 24.0 Å². The first kappa shape index (κ1) is 20.5. The minimum absolute atomic E-state index is 0.0434. The fourth-order valence-electron chi connectivity index (χ4n) is 2.60. The molecule has 0 bridgehead atoms. The molecule has 2 rings (SSSR count). The molecule has 2 aromatic rings. The molecule has 0 atom stereocenters. The number of carbonyl (C=O) groups is 2. The third kappa shape index (κ3) is 6.77. The van der Waals surface area contributed by atoms with Crippen LogP contribution in [0.1, 0.15) is 40.4 Å². The molecule has 2 amide bonds. The van der Waals surface area contributed by atoms with Gasteiger partial charge in [0.15, 0.2) is 6.61 Å². The first-order valence-electron chi connectivity index (χ1n) is 9.33. The standard InChI is InChI=1S/C22H28N2O3/c1-4-5-18-7-10-20(11-8-18)27-15-21(25)23-12-13-24-22(26)19-9-6-16(2)17(3)14-19/h6-11,14H,4-5,12-13,15H2,1-3H3,(H,23,25)(H,24,26). The molecule has 144 valence electrons. The Morgan fingerprint density at radius 3 is 2.30 bits per heavy atom. The molecule has 0 aliphatic rings. The molecule has 0 saturated carbocycles. The Kier molecular flexibility index (Phi) is 7.86. The second-order valence-corrected chi connectivity index (χ2v) is 6.59. The third-order valence-electron chi connectivity index (χ3n) is 4.33. The highest BCUT2D eigenvalue weighted by Crippen LogP contribution is 2.13. The van der Waals surface area contributed by atoms with E-state index < -0.39 is 0 Å². The van der Waals surface area contributed by atoms with Crippen molar-refractivity contribution >= 4 is 11.8 Å². The Bertz CT molecular complexity index is 770. The molecule has 5 heteroatoms. The van der Waals surface area contributed by atoms with Crippen LogP contribution in [0.5, 0.6) is 5.75 Å². The smallest absolute Gasteiger partial charge is 0.258 e. The van der Waals surface area contributed by atoms with Crippen molar-refractivity contribution in [1.29, 1.82) is 0 Å². The molecule has 0 aromatic heterocycles. The number of hydrogen-bond acceptors (Lipinski definition) is 3. The summed E-state index contributed by atoms with van der Waals surface area (Å²) in [6.45, 7) is 6.80. The fraction of sp³-hybridized carbons (Fsp3) is 0.364. The van der Waals surface area contributed by atoms with Gasteiger partial charge in [0.05, 0.1) is 0 Å². The maximum absolute atomic E-state index is 12.1. The summed E-state index contributed by atoms with van der Waals surface area (Å²) in [7, 11) is 0. The number of aryl methyl sites for hydroxylation is 3. The Hall–Kier alpha value is -2.82. The molecule has 0 aliphatic heterocycles. The maximum atomic E-state index is 12.1. The molecular formula is C22H28N2O3. The first-order chi connectivity index (χ1) is 13.0. The molecule has 0 radical (unpaired) electrons. The zero-order valence-electron chi connectivity index (χ0n) is 16.3. The first-order valence-corrected chi connectivity index (χ1v) is 9.33.